The number of benzene rings is 1. The Morgan fingerprint density at radius 3 is 2.50 bits per heavy atom. The smallest absolute Gasteiger partial charge is 0.129 e. The summed E-state index contributed by atoms with van der Waals surface area (Å²) in [7, 11) is 0. The van der Waals surface area contributed by atoms with Gasteiger partial charge >= 0.3 is 0 Å². The molecule has 2 nitrogen and oxygen atoms in total. The first-order chi connectivity index (χ1) is 8.42. The fraction of sp³-hybridized carbons (Fsp3) is 0.571. The summed E-state index contributed by atoms with van der Waals surface area (Å²) in [6.07, 6.45) is 1.01. The van der Waals surface area contributed by atoms with Crippen LogP contribution in [0.3, 0.4) is 0 Å². The van der Waals surface area contributed by atoms with Crippen LogP contribution in [-0.4, -0.2) is 15.8 Å². The topological polar surface area (TPSA) is 40.5 Å². The molecule has 18 heavy (non-hydrogen) atoms. The largest absolute Gasteiger partial charge is 0.387 e. The molecule has 100 valence electrons. The molecule has 1 unspecified atom stereocenters. The molecule has 2 N–H and O–H groups in total. The van der Waals surface area contributed by atoms with Crippen molar-refractivity contribution in [2.24, 2.45) is 5.92 Å². The Labute approximate surface area is 105 Å². The number of aliphatic hydroxyl groups excluding tert-OH is 1. The molecule has 2 rings (SSSR count). The van der Waals surface area contributed by atoms with Gasteiger partial charge in [0.15, 0.2) is 0 Å². The van der Waals surface area contributed by atoms with E-state index in [1.54, 1.807) is 0 Å². The van der Waals surface area contributed by atoms with E-state index in [4.69, 9.17) is 0 Å². The minimum atomic E-state index is -1.37. The molecule has 1 aromatic carbocycles. The molecule has 1 aromatic rings. The van der Waals surface area contributed by atoms with Gasteiger partial charge in [-0.05, 0) is 49.8 Å². The monoisotopic (exact) mass is 256 g/mol. The van der Waals surface area contributed by atoms with E-state index in [1.165, 1.54) is 0 Å². The summed E-state index contributed by atoms with van der Waals surface area (Å²) in [4.78, 5) is 0. The lowest BCUT2D eigenvalue weighted by Crippen LogP contribution is -2.40. The van der Waals surface area contributed by atoms with Crippen molar-refractivity contribution in [3.8, 4) is 0 Å². The van der Waals surface area contributed by atoms with Gasteiger partial charge in [0.1, 0.15) is 17.7 Å². The molecule has 0 bridgehead atoms. The van der Waals surface area contributed by atoms with Gasteiger partial charge in [-0.1, -0.05) is 6.92 Å². The lowest BCUT2D eigenvalue weighted by molar-refractivity contribution is -0.106. The summed E-state index contributed by atoms with van der Waals surface area (Å²) in [6.45, 7) is 2.08. The van der Waals surface area contributed by atoms with E-state index in [-0.39, 0.29) is 5.56 Å². The maximum Gasteiger partial charge on any atom is 0.129 e. The number of rotatable bonds is 2. The maximum absolute atomic E-state index is 13.6. The zero-order valence-corrected chi connectivity index (χ0v) is 10.4. The third-order valence-electron chi connectivity index (χ3n) is 3.90. The molecule has 1 atom stereocenters. The van der Waals surface area contributed by atoms with Crippen LogP contribution in [0.2, 0.25) is 0 Å². The fourth-order valence-corrected chi connectivity index (χ4v) is 2.55. The first-order valence-electron chi connectivity index (χ1n) is 6.28. The molecule has 1 fully saturated rings. The molecule has 0 aromatic heterocycles. The molecule has 1 aliphatic carbocycles. The van der Waals surface area contributed by atoms with Gasteiger partial charge in [-0.15, -0.1) is 0 Å². The first kappa shape index (κ1) is 13.4. The standard InChI is InChI=1S/C14H18F2O2/c1-9-4-6-14(18,7-5-9)13(17)11-8-10(15)2-3-12(11)16/h2-3,8-9,13,17-18H,4-7H2,1H3. The molecule has 0 amide bonds. The van der Waals surface area contributed by atoms with E-state index < -0.39 is 23.3 Å². The lowest BCUT2D eigenvalue weighted by Gasteiger charge is -2.38. The fourth-order valence-electron chi connectivity index (χ4n) is 2.55. The van der Waals surface area contributed by atoms with Crippen molar-refractivity contribution in [2.45, 2.75) is 44.3 Å². The highest BCUT2D eigenvalue weighted by atomic mass is 19.1. The third kappa shape index (κ3) is 2.54. The third-order valence-corrected chi connectivity index (χ3v) is 3.90. The zero-order chi connectivity index (χ0) is 13.3. The van der Waals surface area contributed by atoms with Crippen LogP contribution in [0, 0.1) is 17.6 Å². The quantitative estimate of drug-likeness (QED) is 0.854. The van der Waals surface area contributed by atoms with E-state index in [0.29, 0.717) is 18.8 Å². The van der Waals surface area contributed by atoms with Crippen molar-refractivity contribution in [1.82, 2.24) is 0 Å². The zero-order valence-electron chi connectivity index (χ0n) is 10.4. The van der Waals surface area contributed by atoms with Crippen molar-refractivity contribution in [2.75, 3.05) is 0 Å². The van der Waals surface area contributed by atoms with Gasteiger partial charge in [0, 0.05) is 5.56 Å². The minimum absolute atomic E-state index is 0.160. The summed E-state index contributed by atoms with van der Waals surface area (Å²) in [5, 5.41) is 20.5. The number of hydrogen-bond donors (Lipinski definition) is 2. The van der Waals surface area contributed by atoms with Crippen LogP contribution in [0.15, 0.2) is 18.2 Å². The van der Waals surface area contributed by atoms with Gasteiger partial charge in [-0.3, -0.25) is 0 Å². The van der Waals surface area contributed by atoms with Gasteiger partial charge in [-0.25, -0.2) is 8.78 Å². The van der Waals surface area contributed by atoms with Crippen molar-refractivity contribution in [1.29, 1.82) is 0 Å². The lowest BCUT2D eigenvalue weighted by atomic mass is 9.75. The second-order valence-electron chi connectivity index (χ2n) is 5.35. The van der Waals surface area contributed by atoms with Gasteiger partial charge in [0.05, 0.1) is 5.60 Å². The molecule has 1 aliphatic rings. The summed E-state index contributed by atoms with van der Waals surface area (Å²) in [5.41, 5.74) is -1.51. The molecular formula is C14H18F2O2. The molecule has 0 aliphatic heterocycles. The minimum Gasteiger partial charge on any atom is -0.387 e. The first-order valence-corrected chi connectivity index (χ1v) is 6.28. The summed E-state index contributed by atoms with van der Waals surface area (Å²) in [5.74, 6) is -0.802. The molecule has 4 heteroatoms. The summed E-state index contributed by atoms with van der Waals surface area (Å²) in [6, 6.07) is 2.93. The number of aliphatic hydroxyl groups is 2. The molecule has 1 saturated carbocycles. The predicted molar refractivity (Wildman–Crippen MR) is 63.9 cm³/mol. The second kappa shape index (κ2) is 4.94. The SMILES string of the molecule is CC1CCC(O)(C(O)c2cc(F)ccc2F)CC1. The molecule has 0 spiro atoms. The van der Waals surface area contributed by atoms with Crippen LogP contribution < -0.4 is 0 Å². The normalized spacial score (nSPS) is 30.2. The predicted octanol–water partition coefficient (Wildman–Crippen LogP) is 2.94. The Kier molecular flexibility index (Phi) is 3.69. The highest BCUT2D eigenvalue weighted by Crippen LogP contribution is 2.40. The summed E-state index contributed by atoms with van der Waals surface area (Å²) >= 11 is 0. The highest BCUT2D eigenvalue weighted by Gasteiger charge is 2.40. The van der Waals surface area contributed by atoms with Crippen molar-refractivity contribution < 1.29 is 19.0 Å². The van der Waals surface area contributed by atoms with Gasteiger partial charge < -0.3 is 10.2 Å². The van der Waals surface area contributed by atoms with Gasteiger partial charge in [0.25, 0.3) is 0 Å². The van der Waals surface area contributed by atoms with Gasteiger partial charge in [-0.2, -0.15) is 0 Å². The van der Waals surface area contributed by atoms with Crippen LogP contribution in [-0.2, 0) is 0 Å². The van der Waals surface area contributed by atoms with Crippen LogP contribution in [0.5, 0.6) is 0 Å². The average Bonchev–Trinajstić information content (AvgIpc) is 2.35. The van der Waals surface area contributed by atoms with E-state index in [2.05, 4.69) is 6.92 Å². The van der Waals surface area contributed by atoms with Crippen LogP contribution in [0.1, 0.15) is 44.3 Å². The Hall–Kier alpha value is -1.00. The van der Waals surface area contributed by atoms with Crippen molar-refractivity contribution in [3.63, 3.8) is 0 Å². The van der Waals surface area contributed by atoms with Crippen LogP contribution >= 0.6 is 0 Å². The molecule has 0 saturated heterocycles. The maximum atomic E-state index is 13.6. The Bertz CT molecular complexity index is 426. The Morgan fingerprint density at radius 2 is 1.89 bits per heavy atom. The van der Waals surface area contributed by atoms with E-state index in [0.717, 1.165) is 31.0 Å². The number of hydrogen-bond acceptors (Lipinski definition) is 2. The number of halogens is 2. The van der Waals surface area contributed by atoms with E-state index >= 15 is 0 Å². The molecule has 0 heterocycles. The molecule has 0 radical (unpaired) electrons. The Morgan fingerprint density at radius 1 is 1.28 bits per heavy atom. The van der Waals surface area contributed by atoms with Crippen LogP contribution in [0.4, 0.5) is 8.78 Å². The Balaban J connectivity index is 2.24. The second-order valence-corrected chi connectivity index (χ2v) is 5.35. The average molecular weight is 256 g/mol. The van der Waals surface area contributed by atoms with Crippen LogP contribution in [0.25, 0.3) is 0 Å². The van der Waals surface area contributed by atoms with E-state index in [1.807, 2.05) is 0 Å². The van der Waals surface area contributed by atoms with Crippen molar-refractivity contribution in [3.05, 3.63) is 35.4 Å². The van der Waals surface area contributed by atoms with Gasteiger partial charge in [0.2, 0.25) is 0 Å². The molecular weight excluding hydrogens is 238 g/mol. The summed E-state index contributed by atoms with van der Waals surface area (Å²) < 4.78 is 26.7. The van der Waals surface area contributed by atoms with E-state index in [9.17, 15) is 19.0 Å². The van der Waals surface area contributed by atoms with Crippen molar-refractivity contribution >= 4 is 0 Å². The highest BCUT2D eigenvalue weighted by molar-refractivity contribution is 5.23.